The van der Waals surface area contributed by atoms with Crippen LogP contribution >= 0.6 is 0 Å². The average molecular weight is 404 g/mol. The molecule has 2 N–H and O–H groups in total. The lowest BCUT2D eigenvalue weighted by Crippen LogP contribution is -2.48. The maximum Gasteiger partial charge on any atom is 0.329 e. The molecule has 0 atom stereocenters. The van der Waals surface area contributed by atoms with Gasteiger partial charge in [0.15, 0.2) is 0 Å². The predicted octanol–water partition coefficient (Wildman–Crippen LogP) is 2.12. The highest BCUT2D eigenvalue weighted by atomic mass is 16.7. The van der Waals surface area contributed by atoms with E-state index in [4.69, 9.17) is 9.47 Å². The van der Waals surface area contributed by atoms with Gasteiger partial charge in [-0.2, -0.15) is 0 Å². The second-order valence-electron chi connectivity index (χ2n) is 7.01. The van der Waals surface area contributed by atoms with Crippen molar-refractivity contribution in [2.75, 3.05) is 13.2 Å². The molecule has 0 amide bonds. The molecule has 6 heteroatoms. The van der Waals surface area contributed by atoms with Crippen molar-refractivity contribution in [2.24, 2.45) is 0 Å². The largest absolute Gasteiger partial charge is 0.480 e. The maximum atomic E-state index is 11.3. The van der Waals surface area contributed by atoms with Crippen LogP contribution in [-0.2, 0) is 19.1 Å². The highest BCUT2D eigenvalue weighted by Crippen LogP contribution is 2.37. The van der Waals surface area contributed by atoms with Gasteiger partial charge in [0.1, 0.15) is 13.2 Å². The number of carboxylic acid groups (broad SMARTS) is 2. The second-order valence-corrected chi connectivity index (χ2v) is 7.01. The molecule has 1 aliphatic carbocycles. The van der Waals surface area contributed by atoms with Crippen molar-refractivity contribution < 1.29 is 29.3 Å². The molecule has 0 saturated carbocycles. The number of benzene rings is 3. The fourth-order valence-corrected chi connectivity index (χ4v) is 3.91. The lowest BCUT2D eigenvalue weighted by atomic mass is 9.85. The van der Waals surface area contributed by atoms with Crippen LogP contribution in [-0.4, -0.2) is 41.2 Å². The summed E-state index contributed by atoms with van der Waals surface area (Å²) in [7, 11) is 0. The standard InChI is InChI=1S/C24H20O6/c25-21(26)14-29-24(30-15-22(27)28)13-12-17-7-2-4-10-19(17)23(24)20-11-5-8-16-6-1-3-9-18(16)20/h1-12H,13-15H2,(H,25,26)(H,27,28). The molecule has 0 saturated heterocycles. The maximum absolute atomic E-state index is 11.3. The highest BCUT2D eigenvalue weighted by Gasteiger charge is 2.40. The zero-order chi connectivity index (χ0) is 21.1. The second kappa shape index (κ2) is 8.10. The molecule has 3 aromatic rings. The van der Waals surface area contributed by atoms with E-state index in [2.05, 4.69) is 0 Å². The van der Waals surface area contributed by atoms with E-state index >= 15 is 0 Å². The third-order valence-electron chi connectivity index (χ3n) is 5.12. The normalized spacial score (nSPS) is 14.7. The molecule has 0 aromatic heterocycles. The Labute approximate surface area is 172 Å². The van der Waals surface area contributed by atoms with Crippen LogP contribution in [0.25, 0.3) is 22.4 Å². The van der Waals surface area contributed by atoms with Gasteiger partial charge in [0.2, 0.25) is 5.79 Å². The Morgan fingerprint density at radius 3 is 2.20 bits per heavy atom. The molecule has 1 aliphatic rings. The number of ether oxygens (including phenoxy) is 2. The number of aliphatic carboxylic acids is 2. The van der Waals surface area contributed by atoms with Crippen LogP contribution < -0.4 is 10.4 Å². The number of carbonyl (C=O) groups is 2. The van der Waals surface area contributed by atoms with Crippen LogP contribution in [0.2, 0.25) is 0 Å². The Hall–Kier alpha value is -3.48. The summed E-state index contributed by atoms with van der Waals surface area (Å²) < 4.78 is 11.6. The lowest BCUT2D eigenvalue weighted by molar-refractivity contribution is -0.205. The Morgan fingerprint density at radius 1 is 0.833 bits per heavy atom. The van der Waals surface area contributed by atoms with E-state index in [1.165, 1.54) is 0 Å². The number of hydrogen-bond acceptors (Lipinski definition) is 4. The monoisotopic (exact) mass is 404 g/mol. The van der Waals surface area contributed by atoms with Gasteiger partial charge in [-0.25, -0.2) is 9.59 Å². The molecule has 3 aromatic carbocycles. The zero-order valence-electron chi connectivity index (χ0n) is 16.1. The lowest BCUT2D eigenvalue weighted by Gasteiger charge is -2.37. The molecule has 0 fully saturated rings. The summed E-state index contributed by atoms with van der Waals surface area (Å²) in [4.78, 5) is 22.6. The van der Waals surface area contributed by atoms with E-state index in [1.54, 1.807) is 0 Å². The van der Waals surface area contributed by atoms with Crippen LogP contribution in [0.1, 0.15) is 12.0 Å². The van der Waals surface area contributed by atoms with Crippen molar-refractivity contribution in [1.29, 1.82) is 0 Å². The van der Waals surface area contributed by atoms with Gasteiger partial charge in [-0.05, 0) is 26.8 Å². The molecular formula is C24H20O6. The van der Waals surface area contributed by atoms with E-state index in [0.29, 0.717) is 5.57 Å². The molecule has 0 radical (unpaired) electrons. The topological polar surface area (TPSA) is 93.1 Å². The van der Waals surface area contributed by atoms with E-state index in [9.17, 15) is 19.8 Å². The molecular weight excluding hydrogens is 384 g/mol. The minimum atomic E-state index is -1.55. The van der Waals surface area contributed by atoms with Crippen molar-refractivity contribution >= 4 is 34.4 Å². The molecule has 0 bridgehead atoms. The van der Waals surface area contributed by atoms with Crippen LogP contribution in [0.3, 0.4) is 0 Å². The molecule has 30 heavy (non-hydrogen) atoms. The fraction of sp³-hybridized carbons (Fsp3) is 0.167. The zero-order valence-corrected chi connectivity index (χ0v) is 16.1. The smallest absolute Gasteiger partial charge is 0.329 e. The Kier molecular flexibility index (Phi) is 5.35. The average Bonchev–Trinajstić information content (AvgIpc) is 2.76. The Balaban J connectivity index is 2.04. The molecule has 6 nitrogen and oxygen atoms in total. The van der Waals surface area contributed by atoms with Crippen molar-refractivity contribution in [3.05, 3.63) is 82.7 Å². The predicted molar refractivity (Wildman–Crippen MR) is 111 cm³/mol. The number of carboxylic acids is 2. The van der Waals surface area contributed by atoms with Crippen molar-refractivity contribution in [1.82, 2.24) is 0 Å². The SMILES string of the molecule is O=C(O)COC1(OCC(=O)O)CC=c2ccccc2=C1c1cccc2ccccc12. The summed E-state index contributed by atoms with van der Waals surface area (Å²) >= 11 is 0. The Bertz CT molecular complexity index is 1220. The summed E-state index contributed by atoms with van der Waals surface area (Å²) in [5, 5.41) is 22.2. The fourth-order valence-electron chi connectivity index (χ4n) is 3.91. The Morgan fingerprint density at radius 2 is 1.47 bits per heavy atom. The molecule has 0 spiro atoms. The number of fused-ring (bicyclic) bond motifs is 2. The van der Waals surface area contributed by atoms with Gasteiger partial charge in [-0.1, -0.05) is 72.8 Å². The van der Waals surface area contributed by atoms with Crippen LogP contribution in [0.5, 0.6) is 0 Å². The number of hydrogen-bond donors (Lipinski definition) is 2. The summed E-state index contributed by atoms with van der Waals surface area (Å²) in [5.41, 5.74) is 1.43. The van der Waals surface area contributed by atoms with Gasteiger partial charge in [-0.15, -0.1) is 0 Å². The van der Waals surface area contributed by atoms with E-state index < -0.39 is 30.9 Å². The summed E-state index contributed by atoms with van der Waals surface area (Å²) in [6.45, 7) is -1.24. The van der Waals surface area contributed by atoms with E-state index in [1.807, 2.05) is 72.8 Å². The molecule has 0 heterocycles. The van der Waals surface area contributed by atoms with Crippen molar-refractivity contribution in [3.8, 4) is 0 Å². The highest BCUT2D eigenvalue weighted by molar-refractivity contribution is 5.95. The van der Waals surface area contributed by atoms with Gasteiger partial charge in [0.05, 0.1) is 0 Å². The summed E-state index contributed by atoms with van der Waals surface area (Å²) in [5.74, 6) is -3.87. The quantitative estimate of drug-likeness (QED) is 0.586. The minimum Gasteiger partial charge on any atom is -0.480 e. The first kappa shape index (κ1) is 19.8. The molecule has 0 aliphatic heterocycles. The first-order valence-electron chi connectivity index (χ1n) is 9.50. The van der Waals surface area contributed by atoms with Crippen LogP contribution in [0, 0.1) is 0 Å². The first-order chi connectivity index (χ1) is 14.5. The van der Waals surface area contributed by atoms with E-state index in [-0.39, 0.29) is 6.42 Å². The number of rotatable bonds is 7. The van der Waals surface area contributed by atoms with Gasteiger partial charge < -0.3 is 19.7 Å². The van der Waals surface area contributed by atoms with Gasteiger partial charge in [0, 0.05) is 12.0 Å². The summed E-state index contributed by atoms with van der Waals surface area (Å²) in [6.07, 6.45) is 2.07. The van der Waals surface area contributed by atoms with Crippen molar-refractivity contribution in [2.45, 2.75) is 12.2 Å². The molecule has 0 unspecified atom stereocenters. The third-order valence-corrected chi connectivity index (χ3v) is 5.12. The van der Waals surface area contributed by atoms with Gasteiger partial charge in [-0.3, -0.25) is 0 Å². The molecule has 4 rings (SSSR count). The van der Waals surface area contributed by atoms with Gasteiger partial charge in [0.25, 0.3) is 0 Å². The molecule has 152 valence electrons. The van der Waals surface area contributed by atoms with Gasteiger partial charge >= 0.3 is 11.9 Å². The minimum absolute atomic E-state index is 0.184. The first-order valence-corrected chi connectivity index (χ1v) is 9.50. The summed E-state index contributed by atoms with van der Waals surface area (Å²) in [6, 6.07) is 21.3. The van der Waals surface area contributed by atoms with Crippen LogP contribution in [0.15, 0.2) is 66.7 Å². The van der Waals surface area contributed by atoms with E-state index in [0.717, 1.165) is 26.8 Å². The van der Waals surface area contributed by atoms with Crippen LogP contribution in [0.4, 0.5) is 0 Å². The van der Waals surface area contributed by atoms with Crippen molar-refractivity contribution in [3.63, 3.8) is 0 Å². The third kappa shape index (κ3) is 3.70.